The minimum atomic E-state index is -0.0467. The molecule has 3 aromatic heterocycles. The van der Waals surface area contributed by atoms with Gasteiger partial charge in [-0.15, -0.1) is 0 Å². The van der Waals surface area contributed by atoms with Crippen molar-refractivity contribution in [1.82, 2.24) is 24.5 Å². The molecule has 1 aliphatic rings. The van der Waals surface area contributed by atoms with Gasteiger partial charge in [-0.05, 0) is 49.6 Å². The van der Waals surface area contributed by atoms with E-state index in [2.05, 4.69) is 38.2 Å². The Morgan fingerprint density at radius 1 is 1.23 bits per heavy atom. The van der Waals surface area contributed by atoms with E-state index in [0.717, 1.165) is 46.8 Å². The summed E-state index contributed by atoms with van der Waals surface area (Å²) >= 11 is 0. The summed E-state index contributed by atoms with van der Waals surface area (Å²) in [6.45, 7) is 8.14. The number of aromatic nitrogens is 5. The first-order valence-corrected chi connectivity index (χ1v) is 11.2. The van der Waals surface area contributed by atoms with Gasteiger partial charge in [0.2, 0.25) is 0 Å². The van der Waals surface area contributed by atoms with E-state index in [4.69, 9.17) is 0 Å². The molecular weight excluding hydrogens is 388 g/mol. The van der Waals surface area contributed by atoms with Crippen LogP contribution in [0.3, 0.4) is 0 Å². The van der Waals surface area contributed by atoms with Gasteiger partial charge in [-0.25, -0.2) is 15.0 Å². The molecule has 0 radical (unpaired) electrons. The number of aryl methyl sites for hydroxylation is 1. The number of fused-ring (bicyclic) bond motifs is 2. The number of pyridine rings is 1. The molecule has 162 valence electrons. The molecule has 4 aromatic rings. The first-order chi connectivity index (χ1) is 15.2. The van der Waals surface area contributed by atoms with Crippen LogP contribution in [0.1, 0.15) is 69.8 Å². The summed E-state index contributed by atoms with van der Waals surface area (Å²) in [5.41, 5.74) is 3.58. The van der Waals surface area contributed by atoms with Gasteiger partial charge in [0.1, 0.15) is 11.8 Å². The third-order valence-electron chi connectivity index (χ3n) is 6.06. The average molecular weight is 419 g/mol. The van der Waals surface area contributed by atoms with Crippen LogP contribution < -0.4 is 10.9 Å². The Hall–Kier alpha value is -3.22. The van der Waals surface area contributed by atoms with Crippen LogP contribution >= 0.6 is 0 Å². The number of H-pyrrole nitrogens is 1. The number of hydrogen-bond acceptors (Lipinski definition) is 5. The summed E-state index contributed by atoms with van der Waals surface area (Å²) in [5, 5.41) is 5.37. The molecule has 7 heteroatoms. The molecule has 0 spiro atoms. The Labute approximate surface area is 182 Å². The fourth-order valence-electron chi connectivity index (χ4n) is 4.28. The van der Waals surface area contributed by atoms with Crippen LogP contribution in [0.4, 0.5) is 5.82 Å². The van der Waals surface area contributed by atoms with E-state index >= 15 is 0 Å². The Morgan fingerprint density at radius 3 is 2.74 bits per heavy atom. The van der Waals surface area contributed by atoms with Crippen molar-refractivity contribution in [2.24, 2.45) is 0 Å². The van der Waals surface area contributed by atoms with Crippen molar-refractivity contribution in [2.45, 2.75) is 65.5 Å². The molecule has 0 amide bonds. The summed E-state index contributed by atoms with van der Waals surface area (Å²) in [5.74, 6) is 0.705. The van der Waals surface area contributed by atoms with Crippen LogP contribution in [0.2, 0.25) is 0 Å². The maximum absolute atomic E-state index is 13.5. The van der Waals surface area contributed by atoms with E-state index in [1.165, 1.54) is 12.7 Å². The molecule has 0 saturated heterocycles. The van der Waals surface area contributed by atoms with Crippen LogP contribution in [0.5, 0.6) is 0 Å². The lowest BCUT2D eigenvalue weighted by atomic mass is 9.91. The summed E-state index contributed by atoms with van der Waals surface area (Å²) in [6.07, 6.45) is 7.24. The number of rotatable bonds is 5. The molecule has 0 aliphatic heterocycles. The molecule has 7 nitrogen and oxygen atoms in total. The van der Waals surface area contributed by atoms with Gasteiger partial charge in [-0.3, -0.25) is 4.79 Å². The highest BCUT2D eigenvalue weighted by Gasteiger charge is 2.27. The standard InChI is InChI=1S/C22H24N6O.C2H6/c1-3-16(27-21-19-20(24-11-23-19)25-12-26-21)17-10-14-7-4-6-13(2)18(14)22(29)28(17)15-8-5-9-15;1-2/h4,6-7,10-12,15-16H,3,5,8-9H2,1-2H3,(H2,23,24,25,26,27);1-2H3. The number of anilines is 1. The van der Waals surface area contributed by atoms with Gasteiger partial charge in [-0.1, -0.05) is 39.0 Å². The van der Waals surface area contributed by atoms with Crippen LogP contribution in [0.15, 0.2) is 41.7 Å². The van der Waals surface area contributed by atoms with Crippen molar-refractivity contribution < 1.29 is 0 Å². The van der Waals surface area contributed by atoms with Crippen molar-refractivity contribution in [3.63, 3.8) is 0 Å². The van der Waals surface area contributed by atoms with E-state index in [-0.39, 0.29) is 17.6 Å². The summed E-state index contributed by atoms with van der Waals surface area (Å²) < 4.78 is 2.03. The van der Waals surface area contributed by atoms with Gasteiger partial charge >= 0.3 is 0 Å². The minimum Gasteiger partial charge on any atom is -0.360 e. The second-order valence-corrected chi connectivity index (χ2v) is 7.80. The lowest BCUT2D eigenvalue weighted by Gasteiger charge is -2.33. The molecule has 5 rings (SSSR count). The van der Waals surface area contributed by atoms with Crippen molar-refractivity contribution in [2.75, 3.05) is 5.32 Å². The largest absolute Gasteiger partial charge is 0.360 e. The summed E-state index contributed by atoms with van der Waals surface area (Å²) in [4.78, 5) is 29.5. The topological polar surface area (TPSA) is 88.5 Å². The summed E-state index contributed by atoms with van der Waals surface area (Å²) in [6, 6.07) is 8.46. The molecule has 1 aliphatic carbocycles. The molecule has 1 aromatic carbocycles. The molecule has 0 bridgehead atoms. The third kappa shape index (κ3) is 3.69. The number of aromatic amines is 1. The van der Waals surface area contributed by atoms with Crippen LogP contribution in [0.25, 0.3) is 21.9 Å². The predicted molar refractivity (Wildman–Crippen MR) is 126 cm³/mol. The van der Waals surface area contributed by atoms with Gasteiger partial charge in [0, 0.05) is 11.7 Å². The van der Waals surface area contributed by atoms with Crippen molar-refractivity contribution >= 4 is 27.8 Å². The highest BCUT2D eigenvalue weighted by Crippen LogP contribution is 2.35. The van der Waals surface area contributed by atoms with Gasteiger partial charge in [0.05, 0.1) is 17.8 Å². The molecular formula is C24H30N6O. The highest BCUT2D eigenvalue weighted by molar-refractivity contribution is 5.85. The Bertz CT molecular complexity index is 1250. The number of nitrogens with zero attached hydrogens (tertiary/aromatic N) is 4. The van der Waals surface area contributed by atoms with E-state index in [9.17, 15) is 4.79 Å². The van der Waals surface area contributed by atoms with E-state index in [0.29, 0.717) is 11.5 Å². The SMILES string of the molecule is CC.CCC(Nc1ncnc2nc[nH]c12)c1cc2cccc(C)c2c(=O)n1C1CCC1. The normalized spacial score (nSPS) is 14.7. The van der Waals surface area contributed by atoms with Crippen molar-refractivity contribution in [3.8, 4) is 0 Å². The zero-order valence-corrected chi connectivity index (χ0v) is 18.6. The molecule has 31 heavy (non-hydrogen) atoms. The highest BCUT2D eigenvalue weighted by atomic mass is 16.1. The molecule has 3 heterocycles. The first kappa shape index (κ1) is 21.0. The molecule has 1 unspecified atom stereocenters. The monoisotopic (exact) mass is 418 g/mol. The fraction of sp³-hybridized carbons (Fsp3) is 0.417. The molecule has 1 atom stereocenters. The van der Waals surface area contributed by atoms with Crippen molar-refractivity contribution in [3.05, 3.63) is 58.5 Å². The lowest BCUT2D eigenvalue weighted by Crippen LogP contribution is -2.34. The number of hydrogen-bond donors (Lipinski definition) is 2. The maximum atomic E-state index is 13.5. The van der Waals surface area contributed by atoms with Crippen LogP contribution in [0, 0.1) is 6.92 Å². The Kier molecular flexibility index (Phi) is 6.02. The zero-order chi connectivity index (χ0) is 22.0. The summed E-state index contributed by atoms with van der Waals surface area (Å²) in [7, 11) is 0. The second kappa shape index (κ2) is 8.88. The molecule has 2 N–H and O–H groups in total. The minimum absolute atomic E-state index is 0.0467. The van der Waals surface area contributed by atoms with E-state index in [1.54, 1.807) is 6.33 Å². The lowest BCUT2D eigenvalue weighted by molar-refractivity contribution is 0.297. The number of imidazole rings is 1. The van der Waals surface area contributed by atoms with Crippen LogP contribution in [-0.2, 0) is 0 Å². The Morgan fingerprint density at radius 2 is 2.03 bits per heavy atom. The quantitative estimate of drug-likeness (QED) is 0.460. The number of benzene rings is 1. The number of nitrogens with one attached hydrogen (secondary N) is 2. The zero-order valence-electron chi connectivity index (χ0n) is 18.6. The second-order valence-electron chi connectivity index (χ2n) is 7.80. The Balaban J connectivity index is 0.00000112. The average Bonchev–Trinajstić information content (AvgIpc) is 3.24. The van der Waals surface area contributed by atoms with E-state index < -0.39 is 0 Å². The molecule has 1 saturated carbocycles. The first-order valence-electron chi connectivity index (χ1n) is 11.2. The smallest absolute Gasteiger partial charge is 0.259 e. The predicted octanol–water partition coefficient (Wildman–Crippen LogP) is 5.29. The fourth-order valence-corrected chi connectivity index (χ4v) is 4.28. The van der Waals surface area contributed by atoms with Crippen LogP contribution in [-0.4, -0.2) is 24.5 Å². The van der Waals surface area contributed by atoms with E-state index in [1.807, 2.05) is 43.5 Å². The third-order valence-corrected chi connectivity index (χ3v) is 6.06. The molecule has 1 fully saturated rings. The van der Waals surface area contributed by atoms with Gasteiger partial charge in [-0.2, -0.15) is 0 Å². The van der Waals surface area contributed by atoms with Gasteiger partial charge in [0.25, 0.3) is 5.56 Å². The maximum Gasteiger partial charge on any atom is 0.259 e. The van der Waals surface area contributed by atoms with Crippen molar-refractivity contribution in [1.29, 1.82) is 0 Å². The van der Waals surface area contributed by atoms with Gasteiger partial charge in [0.15, 0.2) is 11.5 Å². The van der Waals surface area contributed by atoms with Gasteiger partial charge < -0.3 is 14.9 Å².